The molecule has 0 unspecified atom stereocenters. The van der Waals surface area contributed by atoms with E-state index in [-0.39, 0.29) is 29.6 Å². The standard InChI is InChI=1S/C30H33FN2O4/c1-17-2-7-21(31)14-19(17)6-9-25(35)32-22-10-11-30(36)24-15-20-5-8-23(34)27-26(20)29(30,28(22)37-27)12-13-33(24)16-18-3-4-18/h2,5-9,14,18,22,24,28,34,36H,3-4,10-13,15-16H2,1H3,(H,32,35)/t22-,24-,28+,29+,30-/m1/s1. The molecule has 2 aliphatic heterocycles. The van der Waals surface area contributed by atoms with Crippen molar-refractivity contribution < 1.29 is 24.1 Å². The highest BCUT2D eigenvalue weighted by Crippen LogP contribution is 2.65. The van der Waals surface area contributed by atoms with Gasteiger partial charge in [0.15, 0.2) is 11.5 Å². The van der Waals surface area contributed by atoms with Crippen molar-refractivity contribution in [2.75, 3.05) is 13.1 Å². The number of carbonyl (C=O) groups excluding carboxylic acids is 1. The summed E-state index contributed by atoms with van der Waals surface area (Å²) in [7, 11) is 0. The van der Waals surface area contributed by atoms with Gasteiger partial charge in [0.1, 0.15) is 11.9 Å². The predicted molar refractivity (Wildman–Crippen MR) is 137 cm³/mol. The van der Waals surface area contributed by atoms with Gasteiger partial charge in [0, 0.05) is 24.2 Å². The van der Waals surface area contributed by atoms with Crippen LogP contribution < -0.4 is 10.1 Å². The Balaban J connectivity index is 1.22. The first-order valence-corrected chi connectivity index (χ1v) is 13.5. The Morgan fingerprint density at radius 3 is 2.89 bits per heavy atom. The first-order valence-electron chi connectivity index (χ1n) is 13.5. The van der Waals surface area contributed by atoms with Gasteiger partial charge < -0.3 is 20.3 Å². The summed E-state index contributed by atoms with van der Waals surface area (Å²) in [6.07, 6.45) is 7.76. The summed E-state index contributed by atoms with van der Waals surface area (Å²) in [5.74, 6) is 0.675. The van der Waals surface area contributed by atoms with Crippen molar-refractivity contribution in [1.82, 2.24) is 10.2 Å². The highest BCUT2D eigenvalue weighted by Gasteiger charge is 2.73. The molecule has 0 radical (unpaired) electrons. The van der Waals surface area contributed by atoms with Crippen molar-refractivity contribution in [3.63, 3.8) is 0 Å². The largest absolute Gasteiger partial charge is 0.504 e. The highest BCUT2D eigenvalue weighted by molar-refractivity contribution is 5.92. The zero-order valence-corrected chi connectivity index (χ0v) is 21.0. The van der Waals surface area contributed by atoms with Gasteiger partial charge in [0.2, 0.25) is 5.91 Å². The topological polar surface area (TPSA) is 82.0 Å². The van der Waals surface area contributed by atoms with Gasteiger partial charge in [0.05, 0.1) is 17.1 Å². The van der Waals surface area contributed by atoms with Crippen LogP contribution in [0.2, 0.25) is 0 Å². The number of nitrogens with zero attached hydrogens (tertiary/aromatic N) is 1. The molecule has 7 rings (SSSR count). The third-order valence-corrected chi connectivity index (χ3v) is 9.75. The molecular weight excluding hydrogens is 471 g/mol. The van der Waals surface area contributed by atoms with Crippen LogP contribution >= 0.6 is 0 Å². The van der Waals surface area contributed by atoms with Gasteiger partial charge in [-0.05, 0) is 98.9 Å². The monoisotopic (exact) mass is 504 g/mol. The number of amides is 1. The molecular formula is C30H33FN2O4. The number of ether oxygens (including phenoxy) is 1. The lowest BCUT2D eigenvalue weighted by molar-refractivity contribution is -0.192. The van der Waals surface area contributed by atoms with Crippen LogP contribution in [0.5, 0.6) is 11.5 Å². The molecule has 1 saturated heterocycles. The fourth-order valence-electron chi connectivity index (χ4n) is 7.82. The Morgan fingerprint density at radius 1 is 1.24 bits per heavy atom. The van der Waals surface area contributed by atoms with E-state index in [1.807, 2.05) is 13.0 Å². The number of phenols is 1. The van der Waals surface area contributed by atoms with Crippen LogP contribution in [0.25, 0.3) is 6.08 Å². The predicted octanol–water partition coefficient (Wildman–Crippen LogP) is 3.60. The van der Waals surface area contributed by atoms with Crippen molar-refractivity contribution in [1.29, 1.82) is 0 Å². The molecule has 3 aliphatic carbocycles. The van der Waals surface area contributed by atoms with Crippen LogP contribution in [0, 0.1) is 18.7 Å². The number of aliphatic hydroxyl groups is 1. The first-order chi connectivity index (χ1) is 17.8. The Hall–Kier alpha value is -2.90. The molecule has 0 aromatic heterocycles. The molecule has 2 heterocycles. The number of aryl methyl sites for hydroxylation is 1. The number of hydrogen-bond donors (Lipinski definition) is 3. The maximum absolute atomic E-state index is 13.7. The van der Waals surface area contributed by atoms with E-state index in [1.165, 1.54) is 31.1 Å². The maximum atomic E-state index is 13.7. The average molecular weight is 505 g/mol. The maximum Gasteiger partial charge on any atom is 0.244 e. The molecule has 1 amide bonds. The smallest absolute Gasteiger partial charge is 0.244 e. The summed E-state index contributed by atoms with van der Waals surface area (Å²) in [6.45, 7) is 3.78. The van der Waals surface area contributed by atoms with E-state index in [0.717, 1.165) is 48.5 Å². The molecule has 37 heavy (non-hydrogen) atoms. The SMILES string of the molecule is Cc1ccc(F)cc1C=CC(=O)N[C@@H]1CC[C@@]2(O)[C@H]3Cc4ccc(O)c5c4[C@@]2(CCN3CC2CC2)[C@H]1O5. The molecule has 1 spiro atoms. The highest BCUT2D eigenvalue weighted by atomic mass is 19.1. The van der Waals surface area contributed by atoms with Gasteiger partial charge in [-0.3, -0.25) is 9.69 Å². The molecule has 7 heteroatoms. The van der Waals surface area contributed by atoms with E-state index in [0.29, 0.717) is 24.2 Å². The summed E-state index contributed by atoms with van der Waals surface area (Å²) < 4.78 is 20.2. The van der Waals surface area contributed by atoms with Crippen LogP contribution in [0.15, 0.2) is 36.4 Å². The second-order valence-electron chi connectivity index (χ2n) is 11.8. The van der Waals surface area contributed by atoms with Gasteiger partial charge in [0.25, 0.3) is 0 Å². The van der Waals surface area contributed by atoms with E-state index < -0.39 is 17.1 Å². The van der Waals surface area contributed by atoms with Crippen molar-refractivity contribution in [3.8, 4) is 11.5 Å². The van der Waals surface area contributed by atoms with E-state index in [2.05, 4.69) is 10.2 Å². The third kappa shape index (κ3) is 3.33. The average Bonchev–Trinajstić information content (AvgIpc) is 3.61. The molecule has 2 bridgehead atoms. The van der Waals surface area contributed by atoms with Crippen molar-refractivity contribution in [3.05, 3.63) is 64.5 Å². The van der Waals surface area contributed by atoms with Crippen molar-refractivity contribution in [2.45, 2.75) is 74.7 Å². The number of nitrogens with one attached hydrogen (secondary N) is 1. The van der Waals surface area contributed by atoms with Crippen LogP contribution in [0.1, 0.15) is 54.4 Å². The van der Waals surface area contributed by atoms with Crippen LogP contribution in [0.3, 0.4) is 0 Å². The Labute approximate surface area is 216 Å². The first kappa shape index (κ1) is 23.2. The number of halogens is 1. The summed E-state index contributed by atoms with van der Waals surface area (Å²) in [5, 5.41) is 26.4. The molecule has 3 fully saturated rings. The third-order valence-electron chi connectivity index (χ3n) is 9.75. The molecule has 2 saturated carbocycles. The normalized spacial score (nSPS) is 33.8. The second-order valence-corrected chi connectivity index (χ2v) is 11.8. The van der Waals surface area contributed by atoms with Crippen LogP contribution in [0.4, 0.5) is 4.39 Å². The Bertz CT molecular complexity index is 1320. The van der Waals surface area contributed by atoms with Crippen molar-refractivity contribution in [2.24, 2.45) is 5.92 Å². The molecule has 3 N–H and O–H groups in total. The van der Waals surface area contributed by atoms with Gasteiger partial charge in [-0.15, -0.1) is 0 Å². The lowest BCUT2D eigenvalue weighted by atomic mass is 9.48. The lowest BCUT2D eigenvalue weighted by Gasteiger charge is -2.64. The number of rotatable bonds is 5. The summed E-state index contributed by atoms with van der Waals surface area (Å²) in [6, 6.07) is 7.88. The Kier molecular flexibility index (Phi) is 5.05. The second kappa shape index (κ2) is 8.05. The number of phenolic OH excluding ortho intramolecular Hbond substituents is 1. The van der Waals surface area contributed by atoms with E-state index >= 15 is 0 Å². The van der Waals surface area contributed by atoms with Crippen LogP contribution in [-0.4, -0.2) is 57.9 Å². The van der Waals surface area contributed by atoms with Gasteiger partial charge in [-0.1, -0.05) is 12.1 Å². The summed E-state index contributed by atoms with van der Waals surface area (Å²) >= 11 is 0. The molecule has 2 aromatic carbocycles. The zero-order valence-electron chi connectivity index (χ0n) is 21.0. The van der Waals surface area contributed by atoms with Gasteiger partial charge >= 0.3 is 0 Å². The molecule has 2 aromatic rings. The minimum Gasteiger partial charge on any atom is -0.504 e. The van der Waals surface area contributed by atoms with E-state index in [1.54, 1.807) is 18.2 Å². The number of likely N-dealkylation sites (tertiary alicyclic amines) is 1. The molecule has 5 atom stereocenters. The molecule has 194 valence electrons. The van der Waals surface area contributed by atoms with Gasteiger partial charge in [-0.2, -0.15) is 0 Å². The number of carbonyl (C=O) groups is 1. The van der Waals surface area contributed by atoms with E-state index in [4.69, 9.17) is 4.74 Å². The minimum absolute atomic E-state index is 0.00319. The molecule has 6 nitrogen and oxygen atoms in total. The summed E-state index contributed by atoms with van der Waals surface area (Å²) in [4.78, 5) is 15.5. The quantitative estimate of drug-likeness (QED) is 0.542. The number of piperidine rings is 1. The van der Waals surface area contributed by atoms with Crippen molar-refractivity contribution >= 4 is 12.0 Å². The Morgan fingerprint density at radius 2 is 2.08 bits per heavy atom. The fourth-order valence-corrected chi connectivity index (χ4v) is 7.82. The number of hydrogen-bond acceptors (Lipinski definition) is 5. The lowest BCUT2D eigenvalue weighted by Crippen LogP contribution is -2.78. The number of benzene rings is 2. The van der Waals surface area contributed by atoms with E-state index in [9.17, 15) is 19.4 Å². The van der Waals surface area contributed by atoms with Crippen LogP contribution in [-0.2, 0) is 16.6 Å². The van der Waals surface area contributed by atoms with Gasteiger partial charge in [-0.25, -0.2) is 4.39 Å². The summed E-state index contributed by atoms with van der Waals surface area (Å²) in [5.41, 5.74) is 1.98. The zero-order chi connectivity index (χ0) is 25.5. The molecule has 5 aliphatic rings. The number of aromatic hydroxyl groups is 1. The minimum atomic E-state index is -0.980. The fraction of sp³-hybridized carbons (Fsp3) is 0.500.